The van der Waals surface area contributed by atoms with Crippen LogP contribution in [0.3, 0.4) is 0 Å². The highest BCUT2D eigenvalue weighted by Gasteiger charge is 2.23. The van der Waals surface area contributed by atoms with Crippen LogP contribution in [0.15, 0.2) is 170 Å². The van der Waals surface area contributed by atoms with Gasteiger partial charge in [0.15, 0.2) is 0 Å². The zero-order chi connectivity index (χ0) is 30.5. The standard InChI is InChI=1S/C42H28N2S2/c1-4-14-29(15-5-1)43(32-24-25-40-36(26-32)34-20-10-12-22-38(34)45-40)33-27-37(42-35-21-11-13-23-39(35)46-41(42)28-33)44(30-16-6-2-7-17-30)31-18-8-3-9-19-31/h1-28H. The molecule has 0 saturated carbocycles. The molecule has 2 nitrogen and oxygen atoms in total. The van der Waals surface area contributed by atoms with Crippen LogP contribution in [0.25, 0.3) is 40.3 Å². The lowest BCUT2D eigenvalue weighted by atomic mass is 10.1. The fraction of sp³-hybridized carbons (Fsp3) is 0. The smallest absolute Gasteiger partial charge is 0.0575 e. The lowest BCUT2D eigenvalue weighted by molar-refractivity contribution is 1.27. The molecule has 0 saturated heterocycles. The first-order valence-electron chi connectivity index (χ1n) is 15.4. The first-order chi connectivity index (χ1) is 22.8. The van der Waals surface area contributed by atoms with E-state index < -0.39 is 0 Å². The van der Waals surface area contributed by atoms with Crippen molar-refractivity contribution < 1.29 is 0 Å². The van der Waals surface area contributed by atoms with Gasteiger partial charge in [-0.2, -0.15) is 0 Å². The number of fused-ring (bicyclic) bond motifs is 6. The van der Waals surface area contributed by atoms with Crippen LogP contribution < -0.4 is 9.80 Å². The fourth-order valence-electron chi connectivity index (χ4n) is 6.58. The van der Waals surface area contributed by atoms with Crippen LogP contribution in [0.4, 0.5) is 34.1 Å². The van der Waals surface area contributed by atoms with Crippen LogP contribution in [0.2, 0.25) is 0 Å². The van der Waals surface area contributed by atoms with Crippen LogP contribution in [-0.2, 0) is 0 Å². The Hall–Kier alpha value is -5.42. The molecule has 2 heterocycles. The maximum Gasteiger partial charge on any atom is 0.0575 e. The topological polar surface area (TPSA) is 6.48 Å². The molecule has 0 aliphatic rings. The van der Waals surface area contributed by atoms with Crippen molar-refractivity contribution >= 4 is 97.1 Å². The van der Waals surface area contributed by atoms with Gasteiger partial charge in [0.25, 0.3) is 0 Å². The van der Waals surface area contributed by atoms with E-state index in [0.717, 1.165) is 34.1 Å². The van der Waals surface area contributed by atoms with Crippen molar-refractivity contribution in [2.24, 2.45) is 0 Å². The zero-order valence-electron chi connectivity index (χ0n) is 24.9. The predicted molar refractivity (Wildman–Crippen MR) is 202 cm³/mol. The van der Waals surface area contributed by atoms with Gasteiger partial charge >= 0.3 is 0 Å². The molecule has 0 atom stereocenters. The molecule has 0 aliphatic carbocycles. The summed E-state index contributed by atoms with van der Waals surface area (Å²) < 4.78 is 5.16. The molecule has 0 aliphatic heterocycles. The van der Waals surface area contributed by atoms with Crippen LogP contribution in [0.1, 0.15) is 0 Å². The van der Waals surface area contributed by atoms with E-state index >= 15 is 0 Å². The summed E-state index contributed by atoms with van der Waals surface area (Å²) >= 11 is 3.72. The van der Waals surface area contributed by atoms with Crippen molar-refractivity contribution in [3.05, 3.63) is 170 Å². The average Bonchev–Trinajstić information content (AvgIpc) is 3.68. The Balaban J connectivity index is 1.35. The molecule has 0 spiro atoms. The Bertz CT molecular complexity index is 2440. The van der Waals surface area contributed by atoms with Crippen molar-refractivity contribution in [1.82, 2.24) is 0 Å². The Morgan fingerprint density at radius 3 is 1.46 bits per heavy atom. The van der Waals surface area contributed by atoms with Crippen molar-refractivity contribution in [3.8, 4) is 0 Å². The zero-order valence-corrected chi connectivity index (χ0v) is 26.5. The van der Waals surface area contributed by atoms with Crippen molar-refractivity contribution in [1.29, 1.82) is 0 Å². The molecule has 0 fully saturated rings. The van der Waals surface area contributed by atoms with Gasteiger partial charge in [-0.05, 0) is 78.9 Å². The minimum absolute atomic E-state index is 1.12. The summed E-state index contributed by atoms with van der Waals surface area (Å²) in [7, 11) is 0. The van der Waals surface area contributed by atoms with Crippen molar-refractivity contribution in [3.63, 3.8) is 0 Å². The number of benzene rings is 7. The third-order valence-corrected chi connectivity index (χ3v) is 10.9. The molecule has 4 heteroatoms. The highest BCUT2D eigenvalue weighted by Crippen LogP contribution is 2.49. The van der Waals surface area contributed by atoms with E-state index in [-0.39, 0.29) is 0 Å². The SMILES string of the molecule is c1ccc(N(c2cc(N(c3ccccc3)c3ccccc3)c3c(c2)sc2ccccc23)c2ccc3sc4ccccc4c3c2)cc1. The molecular weight excluding hydrogens is 597 g/mol. The van der Waals surface area contributed by atoms with Crippen LogP contribution in [-0.4, -0.2) is 0 Å². The van der Waals surface area contributed by atoms with Gasteiger partial charge in [-0.15, -0.1) is 22.7 Å². The van der Waals surface area contributed by atoms with E-state index in [1.54, 1.807) is 0 Å². The van der Waals surface area contributed by atoms with Gasteiger partial charge in [-0.1, -0.05) is 91.0 Å². The normalized spacial score (nSPS) is 11.5. The molecule has 9 aromatic rings. The summed E-state index contributed by atoms with van der Waals surface area (Å²) in [5.74, 6) is 0. The van der Waals surface area contributed by atoms with Crippen LogP contribution >= 0.6 is 22.7 Å². The van der Waals surface area contributed by atoms with E-state index in [9.17, 15) is 0 Å². The van der Waals surface area contributed by atoms with Gasteiger partial charge in [-0.3, -0.25) is 0 Å². The molecule has 7 aromatic carbocycles. The monoisotopic (exact) mass is 624 g/mol. The third kappa shape index (κ3) is 4.54. The van der Waals surface area contributed by atoms with E-state index in [2.05, 4.69) is 180 Å². The number of anilines is 6. The molecule has 0 radical (unpaired) electrons. The Kier molecular flexibility index (Phi) is 6.55. The third-order valence-electron chi connectivity index (χ3n) is 8.60. The molecule has 0 N–H and O–H groups in total. The van der Waals surface area contributed by atoms with E-state index in [1.165, 1.54) is 40.3 Å². The molecule has 0 bridgehead atoms. The molecular formula is C42H28N2S2. The molecule has 46 heavy (non-hydrogen) atoms. The number of rotatable bonds is 6. The van der Waals surface area contributed by atoms with Gasteiger partial charge in [0.05, 0.1) is 5.69 Å². The van der Waals surface area contributed by atoms with Gasteiger partial charge < -0.3 is 9.80 Å². The molecule has 0 amide bonds. The lowest BCUT2D eigenvalue weighted by Crippen LogP contribution is -2.13. The fourth-order valence-corrected chi connectivity index (χ4v) is 8.83. The first-order valence-corrected chi connectivity index (χ1v) is 17.1. The second-order valence-corrected chi connectivity index (χ2v) is 13.6. The summed E-state index contributed by atoms with van der Waals surface area (Å²) in [5, 5.41) is 5.14. The van der Waals surface area contributed by atoms with Gasteiger partial charge in [-0.25, -0.2) is 0 Å². The summed E-state index contributed by atoms with van der Waals surface area (Å²) in [5.41, 5.74) is 6.79. The summed E-state index contributed by atoms with van der Waals surface area (Å²) in [6, 6.07) is 61.4. The predicted octanol–water partition coefficient (Wildman–Crippen LogP) is 13.4. The highest BCUT2D eigenvalue weighted by atomic mass is 32.1. The van der Waals surface area contributed by atoms with E-state index in [4.69, 9.17) is 0 Å². The van der Waals surface area contributed by atoms with Gasteiger partial charge in [0.1, 0.15) is 0 Å². The summed E-state index contributed by atoms with van der Waals surface area (Å²) in [6.07, 6.45) is 0. The number of para-hydroxylation sites is 3. The summed E-state index contributed by atoms with van der Waals surface area (Å²) in [6.45, 7) is 0. The maximum atomic E-state index is 2.41. The Morgan fingerprint density at radius 2 is 0.804 bits per heavy atom. The second kappa shape index (κ2) is 11.2. The molecule has 0 unspecified atom stereocenters. The Morgan fingerprint density at radius 1 is 0.304 bits per heavy atom. The number of thiophene rings is 2. The van der Waals surface area contributed by atoms with Crippen molar-refractivity contribution in [2.75, 3.05) is 9.80 Å². The minimum Gasteiger partial charge on any atom is -0.310 e. The molecule has 9 rings (SSSR count). The molecule has 218 valence electrons. The molecule has 2 aromatic heterocycles. The largest absolute Gasteiger partial charge is 0.310 e. The Labute approximate surface area is 275 Å². The van der Waals surface area contributed by atoms with E-state index in [0.29, 0.717) is 0 Å². The van der Waals surface area contributed by atoms with Gasteiger partial charge in [0.2, 0.25) is 0 Å². The first kappa shape index (κ1) is 26.9. The highest BCUT2D eigenvalue weighted by molar-refractivity contribution is 7.26. The average molecular weight is 625 g/mol. The second-order valence-electron chi connectivity index (χ2n) is 11.4. The number of hydrogen-bond donors (Lipinski definition) is 0. The van der Waals surface area contributed by atoms with Crippen molar-refractivity contribution in [2.45, 2.75) is 0 Å². The van der Waals surface area contributed by atoms with Gasteiger partial charge in [0, 0.05) is 68.8 Å². The quantitative estimate of drug-likeness (QED) is 0.182. The number of nitrogens with zero attached hydrogens (tertiary/aromatic N) is 2. The lowest BCUT2D eigenvalue weighted by Gasteiger charge is -2.30. The van der Waals surface area contributed by atoms with Crippen LogP contribution in [0.5, 0.6) is 0 Å². The minimum atomic E-state index is 1.12. The van der Waals surface area contributed by atoms with Crippen LogP contribution in [0, 0.1) is 0 Å². The van der Waals surface area contributed by atoms with E-state index in [1.807, 2.05) is 22.7 Å². The summed E-state index contributed by atoms with van der Waals surface area (Å²) in [4.78, 5) is 4.82. The maximum absolute atomic E-state index is 2.41. The number of hydrogen-bond acceptors (Lipinski definition) is 4.